The van der Waals surface area contributed by atoms with E-state index in [2.05, 4.69) is 0 Å². The minimum absolute atomic E-state index is 0.0705. The highest BCUT2D eigenvalue weighted by Crippen LogP contribution is 2.24. The van der Waals surface area contributed by atoms with Crippen LogP contribution in [0.4, 0.5) is 0 Å². The Labute approximate surface area is 165 Å². The molecule has 7 nitrogen and oxygen atoms in total. The molecule has 27 heavy (non-hydrogen) atoms. The molecule has 0 unspecified atom stereocenters. The largest absolute Gasteiger partial charge is 0.364 e. The van der Waals surface area contributed by atoms with E-state index in [0.29, 0.717) is 19.6 Å². The van der Waals surface area contributed by atoms with Crippen molar-refractivity contribution in [2.75, 3.05) is 45.8 Å². The van der Waals surface area contributed by atoms with Gasteiger partial charge in [0.2, 0.25) is 10.0 Å². The quantitative estimate of drug-likeness (QED) is 0.742. The Morgan fingerprint density at radius 1 is 1.15 bits per heavy atom. The summed E-state index contributed by atoms with van der Waals surface area (Å²) in [6.45, 7) is 7.48. The number of nitrogens with zero attached hydrogens (tertiary/aromatic N) is 2. The molecule has 3 rings (SSSR count). The first kappa shape index (κ1) is 20.5. The third kappa shape index (κ3) is 4.81. The molecule has 0 radical (unpaired) electrons. The third-order valence-electron chi connectivity index (χ3n) is 5.06. The third-order valence-corrected chi connectivity index (χ3v) is 7.46. The minimum Gasteiger partial charge on any atom is -0.364 e. The van der Waals surface area contributed by atoms with Gasteiger partial charge in [0.05, 0.1) is 5.02 Å². The summed E-state index contributed by atoms with van der Waals surface area (Å²) in [6, 6.07) is 6.44. The van der Waals surface area contributed by atoms with Crippen LogP contribution < -0.4 is 4.90 Å². The topological polar surface area (TPSA) is 71.4 Å². The average Bonchev–Trinajstić information content (AvgIpc) is 2.61. The molecule has 9 heteroatoms. The Kier molecular flexibility index (Phi) is 6.43. The van der Waals surface area contributed by atoms with Crippen LogP contribution in [0.25, 0.3) is 0 Å². The van der Waals surface area contributed by atoms with Crippen molar-refractivity contribution in [3.05, 3.63) is 29.3 Å². The van der Waals surface area contributed by atoms with Crippen LogP contribution in [0, 0.1) is 0 Å². The van der Waals surface area contributed by atoms with Crippen molar-refractivity contribution in [3.8, 4) is 0 Å². The average molecular weight is 417 g/mol. The second-order valence-corrected chi connectivity index (χ2v) is 9.62. The molecule has 150 valence electrons. The van der Waals surface area contributed by atoms with Crippen molar-refractivity contribution < 1.29 is 22.8 Å². The van der Waals surface area contributed by atoms with E-state index in [0.717, 1.165) is 13.1 Å². The lowest BCUT2D eigenvalue weighted by molar-refractivity contribution is -0.907. The molecule has 0 bridgehead atoms. The molecule has 1 N–H and O–H groups in total. The van der Waals surface area contributed by atoms with Crippen molar-refractivity contribution in [1.82, 2.24) is 9.21 Å². The monoisotopic (exact) mass is 416 g/mol. The van der Waals surface area contributed by atoms with Crippen LogP contribution in [0.2, 0.25) is 5.02 Å². The van der Waals surface area contributed by atoms with Crippen molar-refractivity contribution in [2.45, 2.75) is 31.0 Å². The molecule has 0 aliphatic carbocycles. The van der Waals surface area contributed by atoms with Gasteiger partial charge in [0.15, 0.2) is 6.54 Å². The molecular formula is C18H27ClN3O4S+. The van der Waals surface area contributed by atoms with Crippen molar-refractivity contribution in [3.63, 3.8) is 0 Å². The maximum Gasteiger partial charge on any atom is 0.277 e. The molecule has 1 aromatic carbocycles. The number of hydrogen-bond acceptors (Lipinski definition) is 4. The number of benzene rings is 1. The zero-order valence-electron chi connectivity index (χ0n) is 15.7. The predicted octanol–water partition coefficient (Wildman–Crippen LogP) is -0.135. The number of rotatable bonds is 4. The molecule has 1 aromatic rings. The molecule has 0 saturated carbocycles. The van der Waals surface area contributed by atoms with Crippen LogP contribution in [-0.4, -0.2) is 81.6 Å². The Balaban J connectivity index is 1.57. The fraction of sp³-hybridized carbons (Fsp3) is 0.611. The van der Waals surface area contributed by atoms with E-state index < -0.39 is 10.0 Å². The number of nitrogens with one attached hydrogen (secondary N) is 1. The fourth-order valence-corrected chi connectivity index (χ4v) is 5.75. The highest BCUT2D eigenvalue weighted by molar-refractivity contribution is 7.89. The number of ether oxygens (including phenoxy) is 1. The van der Waals surface area contributed by atoms with Gasteiger partial charge in [-0.2, -0.15) is 4.31 Å². The van der Waals surface area contributed by atoms with Gasteiger partial charge in [-0.15, -0.1) is 0 Å². The number of carbonyl (C=O) groups is 1. The lowest BCUT2D eigenvalue weighted by Gasteiger charge is -2.36. The smallest absolute Gasteiger partial charge is 0.277 e. The highest BCUT2D eigenvalue weighted by Gasteiger charge is 2.33. The second kappa shape index (κ2) is 8.45. The van der Waals surface area contributed by atoms with Gasteiger partial charge in [0.1, 0.15) is 30.2 Å². The normalized spacial score (nSPS) is 27.5. The number of amides is 1. The van der Waals surface area contributed by atoms with Crippen LogP contribution in [-0.2, 0) is 19.6 Å². The van der Waals surface area contributed by atoms with E-state index in [9.17, 15) is 13.2 Å². The summed E-state index contributed by atoms with van der Waals surface area (Å²) in [5.41, 5.74) is 0. The summed E-state index contributed by atoms with van der Waals surface area (Å²) in [4.78, 5) is 15.7. The lowest BCUT2D eigenvalue weighted by atomic mass is 10.2. The van der Waals surface area contributed by atoms with Gasteiger partial charge in [0, 0.05) is 26.2 Å². The molecule has 2 atom stereocenters. The summed E-state index contributed by atoms with van der Waals surface area (Å²) in [6.07, 6.45) is 0.295. The molecular weight excluding hydrogens is 390 g/mol. The van der Waals surface area contributed by atoms with Crippen LogP contribution in [0.15, 0.2) is 29.2 Å². The summed E-state index contributed by atoms with van der Waals surface area (Å²) >= 11 is 6.06. The van der Waals surface area contributed by atoms with E-state index in [1.165, 1.54) is 15.3 Å². The van der Waals surface area contributed by atoms with Gasteiger partial charge in [-0.1, -0.05) is 23.7 Å². The van der Waals surface area contributed by atoms with Gasteiger partial charge >= 0.3 is 0 Å². The Morgan fingerprint density at radius 3 is 2.33 bits per heavy atom. The van der Waals surface area contributed by atoms with Crippen LogP contribution >= 0.6 is 11.6 Å². The molecule has 0 spiro atoms. The molecule has 1 amide bonds. The Hall–Kier alpha value is -1.19. The zero-order chi connectivity index (χ0) is 19.6. The van der Waals surface area contributed by atoms with Crippen molar-refractivity contribution >= 4 is 27.5 Å². The first-order valence-corrected chi connectivity index (χ1v) is 11.1. The van der Waals surface area contributed by atoms with Crippen LogP contribution in [0.5, 0.6) is 0 Å². The SMILES string of the molecule is C[C@@H]1C[NH+](CC(=O)N2CCN(S(=O)(=O)c3ccccc3Cl)CC2)C[C@@H](C)O1. The van der Waals surface area contributed by atoms with Crippen LogP contribution in [0.3, 0.4) is 0 Å². The Morgan fingerprint density at radius 2 is 1.74 bits per heavy atom. The van der Waals surface area contributed by atoms with E-state index >= 15 is 0 Å². The van der Waals surface area contributed by atoms with Gasteiger partial charge in [-0.3, -0.25) is 4.79 Å². The molecule has 2 saturated heterocycles. The molecule has 2 fully saturated rings. The zero-order valence-corrected chi connectivity index (χ0v) is 17.3. The maximum atomic E-state index is 12.8. The lowest BCUT2D eigenvalue weighted by Crippen LogP contribution is -3.16. The van der Waals surface area contributed by atoms with E-state index in [1.54, 1.807) is 23.1 Å². The number of carbonyl (C=O) groups excluding carboxylic acids is 1. The maximum absolute atomic E-state index is 12.8. The number of morpholine rings is 1. The first-order valence-electron chi connectivity index (χ1n) is 9.29. The standard InChI is InChI=1S/C18H26ClN3O4S/c1-14-11-20(12-15(2)26-14)13-18(23)21-7-9-22(10-8-21)27(24,25)17-6-4-3-5-16(17)19/h3-6,14-15H,7-13H2,1-2H3/p+1/t14-,15-/m1/s1. The number of quaternary nitrogens is 1. The van der Waals surface area contributed by atoms with Crippen LogP contribution in [0.1, 0.15) is 13.8 Å². The number of hydrogen-bond donors (Lipinski definition) is 1. The summed E-state index contributed by atoms with van der Waals surface area (Å²) in [5.74, 6) is 0.0705. The van der Waals surface area contributed by atoms with Gasteiger partial charge in [-0.05, 0) is 26.0 Å². The molecule has 2 aliphatic heterocycles. The molecule has 0 aromatic heterocycles. The van der Waals surface area contributed by atoms with E-state index in [4.69, 9.17) is 16.3 Å². The van der Waals surface area contributed by atoms with E-state index in [-0.39, 0.29) is 41.1 Å². The number of halogens is 1. The predicted molar refractivity (Wildman–Crippen MR) is 102 cm³/mol. The molecule has 2 heterocycles. The highest BCUT2D eigenvalue weighted by atomic mass is 35.5. The Bertz CT molecular complexity index is 771. The number of piperazine rings is 1. The van der Waals surface area contributed by atoms with Gasteiger partial charge in [-0.25, -0.2) is 8.42 Å². The van der Waals surface area contributed by atoms with E-state index in [1.807, 2.05) is 13.8 Å². The first-order chi connectivity index (χ1) is 12.8. The van der Waals surface area contributed by atoms with Crippen molar-refractivity contribution in [1.29, 1.82) is 0 Å². The summed E-state index contributed by atoms with van der Waals surface area (Å²) < 4.78 is 32.7. The fourth-order valence-electron chi connectivity index (χ4n) is 3.83. The molecule has 2 aliphatic rings. The van der Waals surface area contributed by atoms with Gasteiger partial charge in [0.25, 0.3) is 5.91 Å². The summed E-state index contributed by atoms with van der Waals surface area (Å²) in [7, 11) is -3.64. The van der Waals surface area contributed by atoms with Crippen molar-refractivity contribution in [2.24, 2.45) is 0 Å². The minimum atomic E-state index is -3.64. The number of sulfonamides is 1. The second-order valence-electron chi connectivity index (χ2n) is 7.31. The van der Waals surface area contributed by atoms with Gasteiger partial charge < -0.3 is 14.5 Å². The summed E-state index contributed by atoms with van der Waals surface area (Å²) in [5, 5.41) is 0.218.